The zero-order valence-electron chi connectivity index (χ0n) is 15.8. The lowest BCUT2D eigenvalue weighted by Crippen LogP contribution is -2.25. The van der Waals surface area contributed by atoms with E-state index in [4.69, 9.17) is 9.05 Å². The second-order valence-corrected chi connectivity index (χ2v) is 9.84. The van der Waals surface area contributed by atoms with Crippen LogP contribution in [0.15, 0.2) is 58.3 Å². The summed E-state index contributed by atoms with van der Waals surface area (Å²) < 4.78 is 36.2. The van der Waals surface area contributed by atoms with Crippen molar-refractivity contribution in [3.05, 3.63) is 48.5 Å². The Labute approximate surface area is 163 Å². The van der Waals surface area contributed by atoms with Crippen molar-refractivity contribution in [3.8, 4) is 0 Å². The Morgan fingerprint density at radius 2 is 1.41 bits per heavy atom. The van der Waals surface area contributed by atoms with Crippen LogP contribution in [0.1, 0.15) is 26.7 Å². The van der Waals surface area contributed by atoms with Gasteiger partial charge < -0.3 is 13.9 Å². The molecule has 2 aromatic rings. The van der Waals surface area contributed by atoms with Crippen LogP contribution < -0.4 is 4.90 Å². The molecule has 146 valence electrons. The molecule has 0 aromatic heterocycles. The van der Waals surface area contributed by atoms with Gasteiger partial charge in [-0.25, -0.2) is 4.21 Å². The van der Waals surface area contributed by atoms with Crippen molar-refractivity contribution in [1.82, 2.24) is 0 Å². The minimum absolute atomic E-state index is 0.385. The van der Waals surface area contributed by atoms with Gasteiger partial charge >= 0.3 is 7.60 Å². The molecule has 0 saturated heterocycles. The van der Waals surface area contributed by atoms with E-state index < -0.39 is 18.4 Å². The number of benzene rings is 2. The van der Waals surface area contributed by atoms with Crippen LogP contribution in [0, 0.1) is 0 Å². The van der Waals surface area contributed by atoms with E-state index in [-0.39, 0.29) is 0 Å². The summed E-state index contributed by atoms with van der Waals surface area (Å²) in [6.45, 7) is 5.18. The highest BCUT2D eigenvalue weighted by Gasteiger charge is 2.28. The average Bonchev–Trinajstić information content (AvgIpc) is 2.68. The number of hydrogen-bond acceptors (Lipinski definition) is 5. The van der Waals surface area contributed by atoms with Gasteiger partial charge in [0.25, 0.3) is 0 Å². The van der Waals surface area contributed by atoms with Crippen LogP contribution in [0.5, 0.6) is 0 Å². The molecule has 0 aliphatic carbocycles. The molecule has 0 amide bonds. The summed E-state index contributed by atoms with van der Waals surface area (Å²) in [7, 11) is -4.16. The highest BCUT2D eigenvalue weighted by Crippen LogP contribution is 2.49. The van der Waals surface area contributed by atoms with Crippen LogP contribution in [0.4, 0.5) is 11.4 Å². The number of para-hydroxylation sites is 2. The number of fused-ring (bicyclic) bond motifs is 2. The number of unbranched alkanes of at least 4 members (excludes halogenated alkanes) is 1. The van der Waals surface area contributed by atoms with Crippen LogP contribution >= 0.6 is 7.60 Å². The molecule has 1 aliphatic rings. The summed E-state index contributed by atoms with van der Waals surface area (Å²) >= 11 is 0. The molecule has 0 unspecified atom stereocenters. The van der Waals surface area contributed by atoms with E-state index >= 15 is 0 Å². The summed E-state index contributed by atoms with van der Waals surface area (Å²) in [6, 6.07) is 15.6. The summed E-state index contributed by atoms with van der Waals surface area (Å²) in [6.07, 6.45) is 1.98. The average molecular weight is 407 g/mol. The number of hydrogen-bond donors (Lipinski definition) is 0. The topological polar surface area (TPSA) is 55.8 Å². The Kier molecular flexibility index (Phi) is 6.88. The number of rotatable bonds is 9. The fraction of sp³-hybridized carbons (Fsp3) is 0.400. The van der Waals surface area contributed by atoms with Crippen molar-refractivity contribution in [3.63, 3.8) is 0 Å². The van der Waals surface area contributed by atoms with E-state index in [1.807, 2.05) is 62.4 Å². The van der Waals surface area contributed by atoms with Gasteiger partial charge in [0, 0.05) is 6.54 Å². The van der Waals surface area contributed by atoms with Crippen LogP contribution in [0.2, 0.25) is 0 Å². The third kappa shape index (κ3) is 4.52. The first-order valence-corrected chi connectivity index (χ1v) is 12.2. The maximum absolute atomic E-state index is 12.9. The molecule has 1 aliphatic heterocycles. The molecule has 0 spiro atoms. The largest absolute Gasteiger partial charge is 0.339 e. The first-order chi connectivity index (χ1) is 13.1. The first kappa shape index (κ1) is 20.3. The third-order valence-electron chi connectivity index (χ3n) is 4.43. The zero-order chi connectivity index (χ0) is 19.3. The van der Waals surface area contributed by atoms with E-state index in [9.17, 15) is 8.77 Å². The molecule has 0 bridgehead atoms. The zero-order valence-corrected chi connectivity index (χ0v) is 17.5. The fourth-order valence-electron chi connectivity index (χ4n) is 3.30. The predicted octanol–water partition coefficient (Wildman–Crippen LogP) is 5.35. The maximum Gasteiger partial charge on any atom is 0.330 e. The van der Waals surface area contributed by atoms with Crippen LogP contribution in [-0.4, -0.2) is 30.1 Å². The Morgan fingerprint density at radius 1 is 0.889 bits per heavy atom. The number of nitrogens with zero attached hydrogens (tertiary/aromatic N) is 1. The van der Waals surface area contributed by atoms with Crippen molar-refractivity contribution >= 4 is 29.8 Å². The quantitative estimate of drug-likeness (QED) is 0.414. The Bertz CT molecular complexity index is 798. The molecule has 0 atom stereocenters. The molecule has 5 nitrogen and oxygen atoms in total. The standard InChI is InChI=1S/C20H26NO4PS/c1-3-24-26(22,25-4-2)16-10-9-15-21-17-11-5-7-13-19(17)27(23)20-14-8-6-12-18(20)21/h5-8,11-14H,3-4,9-10,15-16H2,1-2H3. The Balaban J connectivity index is 1.73. The molecule has 7 heteroatoms. The van der Waals surface area contributed by atoms with Crippen molar-refractivity contribution < 1.29 is 17.8 Å². The van der Waals surface area contributed by atoms with Gasteiger partial charge in [-0.2, -0.15) is 0 Å². The van der Waals surface area contributed by atoms with E-state index in [1.54, 1.807) is 0 Å². The molecular weight excluding hydrogens is 381 g/mol. The lowest BCUT2D eigenvalue weighted by atomic mass is 10.2. The summed E-state index contributed by atoms with van der Waals surface area (Å²) in [5.41, 5.74) is 1.96. The maximum atomic E-state index is 12.9. The highest BCUT2D eigenvalue weighted by atomic mass is 32.2. The van der Waals surface area contributed by atoms with Gasteiger partial charge in [-0.1, -0.05) is 24.3 Å². The van der Waals surface area contributed by atoms with Crippen LogP contribution in [0.25, 0.3) is 0 Å². The van der Waals surface area contributed by atoms with E-state index in [2.05, 4.69) is 4.90 Å². The molecule has 0 fully saturated rings. The van der Waals surface area contributed by atoms with Gasteiger partial charge in [0.15, 0.2) is 0 Å². The van der Waals surface area contributed by atoms with Gasteiger partial charge in [-0.3, -0.25) is 4.57 Å². The third-order valence-corrected chi connectivity index (χ3v) is 8.08. The molecule has 27 heavy (non-hydrogen) atoms. The summed E-state index contributed by atoms with van der Waals surface area (Å²) in [5.74, 6) is 0. The van der Waals surface area contributed by atoms with Crippen molar-refractivity contribution in [2.75, 3.05) is 30.8 Å². The molecule has 1 heterocycles. The monoisotopic (exact) mass is 407 g/mol. The lowest BCUT2D eigenvalue weighted by Gasteiger charge is -2.32. The minimum atomic E-state index is -3.00. The fourth-order valence-corrected chi connectivity index (χ4v) is 6.41. The van der Waals surface area contributed by atoms with Crippen LogP contribution in [0.3, 0.4) is 0 Å². The molecule has 0 saturated carbocycles. The van der Waals surface area contributed by atoms with E-state index in [1.165, 1.54) is 0 Å². The van der Waals surface area contributed by atoms with E-state index in [0.29, 0.717) is 19.4 Å². The summed E-state index contributed by atoms with van der Waals surface area (Å²) in [5, 5.41) is 0. The van der Waals surface area contributed by atoms with Crippen molar-refractivity contribution in [2.24, 2.45) is 0 Å². The smallest absolute Gasteiger partial charge is 0.330 e. The first-order valence-electron chi connectivity index (χ1n) is 9.35. The van der Waals surface area contributed by atoms with Crippen LogP contribution in [-0.2, 0) is 24.4 Å². The second kappa shape index (κ2) is 9.16. The SMILES string of the molecule is CCOP(=O)(CCCCN1c2ccccc2S(=O)c2ccccc21)OCC. The molecule has 2 aromatic carbocycles. The molecule has 0 N–H and O–H groups in total. The predicted molar refractivity (Wildman–Crippen MR) is 110 cm³/mol. The Hall–Kier alpha value is -1.46. The van der Waals surface area contributed by atoms with Gasteiger partial charge in [0.2, 0.25) is 0 Å². The van der Waals surface area contributed by atoms with E-state index in [0.717, 1.165) is 40.6 Å². The molecule has 3 rings (SSSR count). The number of anilines is 2. The molecular formula is C20H26NO4PS. The van der Waals surface area contributed by atoms with Gasteiger partial charge in [0.1, 0.15) is 0 Å². The van der Waals surface area contributed by atoms with Gasteiger partial charge in [-0.15, -0.1) is 0 Å². The van der Waals surface area contributed by atoms with Crippen molar-refractivity contribution in [2.45, 2.75) is 36.5 Å². The Morgan fingerprint density at radius 3 is 1.93 bits per heavy atom. The molecule has 0 radical (unpaired) electrons. The van der Waals surface area contributed by atoms with Gasteiger partial charge in [0.05, 0.1) is 51.3 Å². The summed E-state index contributed by atoms with van der Waals surface area (Å²) in [4.78, 5) is 3.88. The highest BCUT2D eigenvalue weighted by molar-refractivity contribution is 7.85. The minimum Gasteiger partial charge on any atom is -0.339 e. The lowest BCUT2D eigenvalue weighted by molar-refractivity contribution is 0.219. The second-order valence-electron chi connectivity index (χ2n) is 6.23. The normalized spacial score (nSPS) is 14.1. The van der Waals surface area contributed by atoms with Gasteiger partial charge in [-0.05, 0) is 51.0 Å². The van der Waals surface area contributed by atoms with Crippen molar-refractivity contribution in [1.29, 1.82) is 0 Å².